The third kappa shape index (κ3) is 5.85. The van der Waals surface area contributed by atoms with E-state index >= 15 is 0 Å². The van der Waals surface area contributed by atoms with Crippen molar-refractivity contribution in [2.75, 3.05) is 26.2 Å². The van der Waals surface area contributed by atoms with Gasteiger partial charge in [0.15, 0.2) is 0 Å². The van der Waals surface area contributed by atoms with Gasteiger partial charge in [0.2, 0.25) is 5.91 Å². The zero-order valence-electron chi connectivity index (χ0n) is 18.4. The van der Waals surface area contributed by atoms with E-state index in [0.29, 0.717) is 19.1 Å². The van der Waals surface area contributed by atoms with Gasteiger partial charge in [-0.3, -0.25) is 9.78 Å². The lowest BCUT2D eigenvalue weighted by atomic mass is 9.81. The highest BCUT2D eigenvalue weighted by atomic mass is 16.5. The number of piperidine rings is 1. The fourth-order valence-electron chi connectivity index (χ4n) is 5.12. The van der Waals surface area contributed by atoms with Crippen LogP contribution in [-0.2, 0) is 4.79 Å². The van der Waals surface area contributed by atoms with Gasteiger partial charge >= 0.3 is 0 Å². The van der Waals surface area contributed by atoms with Gasteiger partial charge in [-0.05, 0) is 69.0 Å². The van der Waals surface area contributed by atoms with Crippen molar-refractivity contribution < 1.29 is 9.53 Å². The van der Waals surface area contributed by atoms with Crippen LogP contribution in [0, 0.1) is 11.8 Å². The molecule has 2 fully saturated rings. The molecule has 1 N–H and O–H groups in total. The summed E-state index contributed by atoms with van der Waals surface area (Å²) in [7, 11) is 0. The Balaban J connectivity index is 1.57. The number of hydrogen-bond acceptors (Lipinski definition) is 4. The average Bonchev–Trinajstić information content (AvgIpc) is 2.85. The first kappa shape index (κ1) is 21.8. The van der Waals surface area contributed by atoms with E-state index in [1.54, 1.807) is 0 Å². The normalized spacial score (nSPS) is 19.0. The minimum absolute atomic E-state index is 0.0308. The number of nitrogens with one attached hydrogen (secondary N) is 1. The van der Waals surface area contributed by atoms with Crippen molar-refractivity contribution in [1.29, 1.82) is 0 Å². The van der Waals surface area contributed by atoms with Crippen molar-refractivity contribution in [3.8, 4) is 5.75 Å². The van der Waals surface area contributed by atoms with Crippen molar-refractivity contribution in [1.82, 2.24) is 15.2 Å². The van der Waals surface area contributed by atoms with Crippen molar-refractivity contribution in [2.24, 2.45) is 11.8 Å². The van der Waals surface area contributed by atoms with Gasteiger partial charge in [-0.15, -0.1) is 0 Å². The van der Waals surface area contributed by atoms with Crippen LogP contribution in [0.25, 0.3) is 0 Å². The topological polar surface area (TPSA) is 54.5 Å². The van der Waals surface area contributed by atoms with Crippen LogP contribution in [0.15, 0.2) is 54.7 Å². The maximum Gasteiger partial charge on any atom is 0.226 e. The Hall–Kier alpha value is -2.40. The number of para-hydroxylation sites is 1. The van der Waals surface area contributed by atoms with Crippen LogP contribution in [-0.4, -0.2) is 42.0 Å². The second kappa shape index (κ2) is 11.3. The number of rotatable bonds is 8. The quantitative estimate of drug-likeness (QED) is 0.676. The van der Waals surface area contributed by atoms with Crippen LogP contribution in [0.5, 0.6) is 5.75 Å². The molecule has 2 aromatic rings. The molecular formula is C26H35N3O2. The molecule has 0 bridgehead atoms. The molecule has 1 saturated heterocycles. The highest BCUT2D eigenvalue weighted by Gasteiger charge is 2.36. The number of carbonyl (C=O) groups excluding carboxylic acids is 1. The molecule has 0 spiro atoms. The van der Waals surface area contributed by atoms with Crippen LogP contribution in [0.2, 0.25) is 0 Å². The molecule has 2 heterocycles. The lowest BCUT2D eigenvalue weighted by molar-refractivity contribution is -0.141. The Labute approximate surface area is 186 Å². The zero-order chi connectivity index (χ0) is 21.3. The summed E-state index contributed by atoms with van der Waals surface area (Å²) in [4.78, 5) is 20.7. The SMILES string of the molecule is O=C(C1CCNCC1)N(CCOc1ccccc1)[C@H](c1ccccn1)C1CCCCC1. The van der Waals surface area contributed by atoms with Gasteiger partial charge in [-0.25, -0.2) is 0 Å². The predicted octanol–water partition coefficient (Wildman–Crippen LogP) is 4.61. The van der Waals surface area contributed by atoms with Crippen LogP contribution >= 0.6 is 0 Å². The van der Waals surface area contributed by atoms with E-state index in [2.05, 4.69) is 16.3 Å². The first-order chi connectivity index (χ1) is 15.3. The lowest BCUT2D eigenvalue weighted by Crippen LogP contribution is -2.46. The minimum atomic E-state index is 0.0308. The first-order valence-electron chi connectivity index (χ1n) is 11.9. The molecule has 1 aliphatic heterocycles. The van der Waals surface area contributed by atoms with Gasteiger partial charge in [0.25, 0.3) is 0 Å². The number of pyridine rings is 1. The van der Waals surface area contributed by atoms with E-state index < -0.39 is 0 Å². The van der Waals surface area contributed by atoms with Gasteiger partial charge < -0.3 is 15.0 Å². The third-order valence-corrected chi connectivity index (χ3v) is 6.74. The standard InChI is InChI=1S/C26H35N3O2/c30-26(22-14-17-27-18-15-22)29(19-20-31-23-11-5-2-6-12-23)25(21-9-3-1-4-10-21)24-13-7-8-16-28-24/h2,5-8,11-13,16,21-22,25,27H,1,3-4,9-10,14-15,17-20H2/t25-/m0/s1. The highest BCUT2D eigenvalue weighted by molar-refractivity contribution is 5.79. The Morgan fingerprint density at radius 1 is 1.00 bits per heavy atom. The Morgan fingerprint density at radius 3 is 2.45 bits per heavy atom. The van der Waals surface area contributed by atoms with Gasteiger partial charge in [0.1, 0.15) is 12.4 Å². The second-order valence-corrected chi connectivity index (χ2v) is 8.81. The summed E-state index contributed by atoms with van der Waals surface area (Å²) < 4.78 is 6.02. The van der Waals surface area contributed by atoms with Gasteiger partial charge in [0, 0.05) is 12.1 Å². The zero-order valence-corrected chi connectivity index (χ0v) is 18.4. The number of benzene rings is 1. The van der Waals surface area contributed by atoms with Crippen LogP contribution < -0.4 is 10.1 Å². The summed E-state index contributed by atoms with van der Waals surface area (Å²) in [5, 5.41) is 3.39. The van der Waals surface area contributed by atoms with E-state index in [1.165, 1.54) is 19.3 Å². The summed E-state index contributed by atoms with van der Waals surface area (Å²) >= 11 is 0. The van der Waals surface area contributed by atoms with Crippen molar-refractivity contribution in [2.45, 2.75) is 51.0 Å². The molecule has 2 aliphatic rings. The molecule has 1 atom stereocenters. The molecule has 1 aromatic carbocycles. The average molecular weight is 422 g/mol. The van der Waals surface area contributed by atoms with E-state index in [1.807, 2.05) is 48.7 Å². The molecule has 166 valence electrons. The first-order valence-corrected chi connectivity index (χ1v) is 11.9. The fourth-order valence-corrected chi connectivity index (χ4v) is 5.12. The van der Waals surface area contributed by atoms with Crippen LogP contribution in [0.3, 0.4) is 0 Å². The molecular weight excluding hydrogens is 386 g/mol. The van der Waals surface area contributed by atoms with Gasteiger partial charge in [-0.1, -0.05) is 43.5 Å². The molecule has 0 unspecified atom stereocenters. The maximum atomic E-state index is 13.8. The molecule has 5 nitrogen and oxygen atoms in total. The summed E-state index contributed by atoms with van der Waals surface area (Å²) in [6.07, 6.45) is 9.79. The number of aromatic nitrogens is 1. The molecule has 0 radical (unpaired) electrons. The molecule has 1 amide bonds. The smallest absolute Gasteiger partial charge is 0.226 e. The van der Waals surface area contributed by atoms with E-state index in [9.17, 15) is 4.79 Å². The fraction of sp³-hybridized carbons (Fsp3) is 0.538. The van der Waals surface area contributed by atoms with E-state index in [4.69, 9.17) is 9.72 Å². The minimum Gasteiger partial charge on any atom is -0.492 e. The number of ether oxygens (including phenoxy) is 1. The molecule has 4 rings (SSSR count). The number of amides is 1. The lowest BCUT2D eigenvalue weighted by Gasteiger charge is -2.40. The maximum absolute atomic E-state index is 13.8. The molecule has 1 aliphatic carbocycles. The Bertz CT molecular complexity index is 787. The van der Waals surface area contributed by atoms with E-state index in [0.717, 1.165) is 50.2 Å². The Kier molecular flexibility index (Phi) is 7.94. The summed E-state index contributed by atoms with van der Waals surface area (Å²) in [6, 6.07) is 16.0. The van der Waals surface area contributed by atoms with Crippen molar-refractivity contribution in [3.63, 3.8) is 0 Å². The molecule has 31 heavy (non-hydrogen) atoms. The summed E-state index contributed by atoms with van der Waals surface area (Å²) in [6.45, 7) is 2.93. The van der Waals surface area contributed by atoms with Crippen molar-refractivity contribution >= 4 is 5.91 Å². The van der Waals surface area contributed by atoms with Crippen molar-refractivity contribution in [3.05, 3.63) is 60.4 Å². The largest absolute Gasteiger partial charge is 0.492 e. The van der Waals surface area contributed by atoms with Gasteiger partial charge in [0.05, 0.1) is 18.3 Å². The molecule has 1 saturated carbocycles. The number of hydrogen-bond donors (Lipinski definition) is 1. The van der Waals surface area contributed by atoms with Gasteiger partial charge in [-0.2, -0.15) is 0 Å². The van der Waals surface area contributed by atoms with E-state index in [-0.39, 0.29) is 17.9 Å². The monoisotopic (exact) mass is 421 g/mol. The Morgan fingerprint density at radius 2 is 1.74 bits per heavy atom. The molecule has 5 heteroatoms. The number of nitrogens with zero attached hydrogens (tertiary/aromatic N) is 2. The van der Waals surface area contributed by atoms with Crippen LogP contribution in [0.4, 0.5) is 0 Å². The summed E-state index contributed by atoms with van der Waals surface area (Å²) in [5.41, 5.74) is 1.02. The molecule has 1 aromatic heterocycles. The number of carbonyl (C=O) groups is 1. The second-order valence-electron chi connectivity index (χ2n) is 8.81. The predicted molar refractivity (Wildman–Crippen MR) is 123 cm³/mol. The summed E-state index contributed by atoms with van der Waals surface area (Å²) in [5.74, 6) is 1.68. The third-order valence-electron chi connectivity index (χ3n) is 6.74. The van der Waals surface area contributed by atoms with Crippen LogP contribution in [0.1, 0.15) is 56.7 Å². The highest BCUT2D eigenvalue weighted by Crippen LogP contribution is 2.38.